The Balaban J connectivity index is 2.31. The first-order valence-electron chi connectivity index (χ1n) is 5.53. The van der Waals surface area contributed by atoms with Crippen molar-refractivity contribution in [2.24, 2.45) is 5.41 Å². The number of halogens is 1. The summed E-state index contributed by atoms with van der Waals surface area (Å²) in [5.74, 6) is 0. The lowest BCUT2D eigenvalue weighted by Gasteiger charge is -2.35. The fourth-order valence-corrected chi connectivity index (χ4v) is 2.29. The lowest BCUT2D eigenvalue weighted by molar-refractivity contribution is 0.201. The van der Waals surface area contributed by atoms with Gasteiger partial charge in [0.1, 0.15) is 0 Å². The first kappa shape index (κ1) is 12.1. The van der Waals surface area contributed by atoms with Gasteiger partial charge in [0.25, 0.3) is 0 Å². The van der Waals surface area contributed by atoms with E-state index in [1.165, 1.54) is 31.3 Å². The van der Waals surface area contributed by atoms with Crippen molar-refractivity contribution in [1.82, 2.24) is 5.32 Å². The summed E-state index contributed by atoms with van der Waals surface area (Å²) in [5.41, 5.74) is 3.41. The summed E-state index contributed by atoms with van der Waals surface area (Å²) < 4.78 is 0. The highest BCUT2D eigenvalue weighted by Crippen LogP contribution is 2.34. The van der Waals surface area contributed by atoms with E-state index in [0.717, 1.165) is 6.54 Å². The van der Waals surface area contributed by atoms with E-state index in [-0.39, 0.29) is 0 Å². The minimum atomic E-state index is 0.522. The zero-order valence-corrected chi connectivity index (χ0v) is 10.3. The van der Waals surface area contributed by atoms with Gasteiger partial charge in [0.05, 0.1) is 0 Å². The molecule has 0 bridgehead atoms. The largest absolute Gasteiger partial charge is 0.310 e. The average molecular weight is 216 g/mol. The summed E-state index contributed by atoms with van der Waals surface area (Å²) in [6, 6.07) is 0.685. The van der Waals surface area contributed by atoms with Crippen LogP contribution < -0.4 is 5.32 Å². The maximum absolute atomic E-state index is 5.62. The zero-order valence-electron chi connectivity index (χ0n) is 9.57. The van der Waals surface area contributed by atoms with Gasteiger partial charge in [-0.1, -0.05) is 31.9 Å². The van der Waals surface area contributed by atoms with E-state index in [9.17, 15) is 0 Å². The highest BCUT2D eigenvalue weighted by atomic mass is 35.5. The third kappa shape index (κ3) is 4.02. The van der Waals surface area contributed by atoms with E-state index in [1.807, 2.05) is 0 Å². The van der Waals surface area contributed by atoms with Gasteiger partial charge in [-0.25, -0.2) is 0 Å². The molecule has 2 heteroatoms. The summed E-state index contributed by atoms with van der Waals surface area (Å²) in [4.78, 5) is 0. The summed E-state index contributed by atoms with van der Waals surface area (Å²) in [6.45, 7) is 7.73. The van der Waals surface area contributed by atoms with Crippen molar-refractivity contribution in [3.63, 3.8) is 0 Å². The molecule has 1 rings (SSSR count). The summed E-state index contributed by atoms with van der Waals surface area (Å²) in [5, 5.41) is 3.58. The van der Waals surface area contributed by atoms with Crippen molar-refractivity contribution < 1.29 is 0 Å². The Morgan fingerprint density at radius 3 is 2.86 bits per heavy atom. The molecule has 1 unspecified atom stereocenters. The Hall–Kier alpha value is -0.0100. The lowest BCUT2D eigenvalue weighted by atomic mass is 9.75. The van der Waals surface area contributed by atoms with Crippen molar-refractivity contribution in [2.75, 3.05) is 6.54 Å². The Labute approximate surface area is 92.9 Å². The fourth-order valence-electron chi connectivity index (χ4n) is 2.22. The van der Waals surface area contributed by atoms with Gasteiger partial charge in [-0.3, -0.25) is 0 Å². The third-order valence-electron chi connectivity index (χ3n) is 3.06. The van der Waals surface area contributed by atoms with Crippen molar-refractivity contribution in [2.45, 2.75) is 52.5 Å². The Morgan fingerprint density at radius 1 is 1.57 bits per heavy atom. The average Bonchev–Trinajstić information content (AvgIpc) is 2.12. The standard InChI is InChI=1S/C12H22ClN/c1-10(8-13)9-14-11-5-4-6-12(2,3)7-11/h8,11,14H,4-7,9H2,1-3H3. The first-order chi connectivity index (χ1) is 6.53. The highest BCUT2D eigenvalue weighted by Gasteiger charge is 2.27. The molecular weight excluding hydrogens is 194 g/mol. The SMILES string of the molecule is CC(=CCl)CNC1CCCC(C)(C)C1. The quantitative estimate of drug-likeness (QED) is 0.758. The molecule has 0 spiro atoms. The van der Waals surface area contributed by atoms with Crippen LogP contribution in [0.1, 0.15) is 46.5 Å². The molecule has 0 aromatic rings. The summed E-state index contributed by atoms with van der Waals surface area (Å²) >= 11 is 5.62. The van der Waals surface area contributed by atoms with Crippen LogP contribution >= 0.6 is 11.6 Å². The summed E-state index contributed by atoms with van der Waals surface area (Å²) in [6.07, 6.45) is 5.34. The molecular formula is C12H22ClN. The van der Waals surface area contributed by atoms with Gasteiger partial charge in [0, 0.05) is 18.1 Å². The third-order valence-corrected chi connectivity index (χ3v) is 3.43. The van der Waals surface area contributed by atoms with Gasteiger partial charge in [-0.05, 0) is 37.2 Å². The second-order valence-electron chi connectivity index (χ2n) is 5.29. The van der Waals surface area contributed by atoms with Crippen molar-refractivity contribution in [3.05, 3.63) is 11.1 Å². The van der Waals surface area contributed by atoms with E-state index < -0.39 is 0 Å². The highest BCUT2D eigenvalue weighted by molar-refractivity contribution is 6.25. The van der Waals surface area contributed by atoms with Crippen molar-refractivity contribution in [3.8, 4) is 0 Å². The predicted molar refractivity (Wildman–Crippen MR) is 63.6 cm³/mol. The van der Waals surface area contributed by atoms with E-state index in [1.54, 1.807) is 5.54 Å². The monoisotopic (exact) mass is 215 g/mol. The fraction of sp³-hybridized carbons (Fsp3) is 0.833. The van der Waals surface area contributed by atoms with Crippen LogP contribution in [0, 0.1) is 5.41 Å². The van der Waals surface area contributed by atoms with E-state index in [4.69, 9.17) is 11.6 Å². The first-order valence-corrected chi connectivity index (χ1v) is 5.96. The van der Waals surface area contributed by atoms with E-state index in [2.05, 4.69) is 26.1 Å². The molecule has 0 aromatic heterocycles. The molecule has 0 aromatic carbocycles. The zero-order chi connectivity index (χ0) is 10.6. The molecule has 1 saturated carbocycles. The topological polar surface area (TPSA) is 12.0 Å². The van der Waals surface area contributed by atoms with Gasteiger partial charge in [0.15, 0.2) is 0 Å². The van der Waals surface area contributed by atoms with Gasteiger partial charge in [-0.15, -0.1) is 0 Å². The van der Waals surface area contributed by atoms with Crippen molar-refractivity contribution >= 4 is 11.6 Å². The molecule has 14 heavy (non-hydrogen) atoms. The van der Waals surface area contributed by atoms with Gasteiger partial charge in [0.2, 0.25) is 0 Å². The Kier molecular flexibility index (Phi) is 4.46. The Morgan fingerprint density at radius 2 is 2.29 bits per heavy atom. The lowest BCUT2D eigenvalue weighted by Crippen LogP contribution is -2.37. The maximum atomic E-state index is 5.62. The minimum Gasteiger partial charge on any atom is -0.310 e. The van der Waals surface area contributed by atoms with Crippen LogP contribution in [0.15, 0.2) is 11.1 Å². The minimum absolute atomic E-state index is 0.522. The molecule has 0 heterocycles. The molecule has 1 aliphatic rings. The number of hydrogen-bond acceptors (Lipinski definition) is 1. The number of hydrogen-bond donors (Lipinski definition) is 1. The van der Waals surface area contributed by atoms with Crippen LogP contribution in [0.25, 0.3) is 0 Å². The normalized spacial score (nSPS) is 27.7. The molecule has 1 atom stereocenters. The van der Waals surface area contributed by atoms with Crippen LogP contribution in [0.4, 0.5) is 0 Å². The molecule has 0 radical (unpaired) electrons. The van der Waals surface area contributed by atoms with Crippen molar-refractivity contribution in [1.29, 1.82) is 0 Å². The second-order valence-corrected chi connectivity index (χ2v) is 5.51. The van der Waals surface area contributed by atoms with Crippen LogP contribution in [0.5, 0.6) is 0 Å². The van der Waals surface area contributed by atoms with E-state index >= 15 is 0 Å². The molecule has 0 amide bonds. The van der Waals surface area contributed by atoms with Crippen LogP contribution in [0.3, 0.4) is 0 Å². The molecule has 1 aliphatic carbocycles. The van der Waals surface area contributed by atoms with Crippen LogP contribution in [0.2, 0.25) is 0 Å². The Bertz CT molecular complexity index is 208. The van der Waals surface area contributed by atoms with E-state index in [0.29, 0.717) is 11.5 Å². The molecule has 0 saturated heterocycles. The smallest absolute Gasteiger partial charge is 0.0176 e. The molecule has 82 valence electrons. The maximum Gasteiger partial charge on any atom is 0.0176 e. The van der Waals surface area contributed by atoms with Gasteiger partial charge in [-0.2, -0.15) is 0 Å². The number of nitrogens with one attached hydrogen (secondary N) is 1. The van der Waals surface area contributed by atoms with Crippen LogP contribution in [-0.4, -0.2) is 12.6 Å². The van der Waals surface area contributed by atoms with Crippen LogP contribution in [-0.2, 0) is 0 Å². The van der Waals surface area contributed by atoms with Gasteiger partial charge >= 0.3 is 0 Å². The molecule has 1 N–H and O–H groups in total. The summed E-state index contributed by atoms with van der Waals surface area (Å²) in [7, 11) is 0. The predicted octanol–water partition coefficient (Wildman–Crippen LogP) is 3.69. The van der Waals surface area contributed by atoms with Gasteiger partial charge < -0.3 is 5.32 Å². The molecule has 1 nitrogen and oxygen atoms in total. The second kappa shape index (κ2) is 5.18. The molecule has 0 aliphatic heterocycles. The molecule has 1 fully saturated rings. The number of rotatable bonds is 3.